The molecule has 4 heteroatoms. The van der Waals surface area contributed by atoms with E-state index in [4.69, 9.17) is 21.1 Å². The molecule has 0 N–H and O–H groups in total. The van der Waals surface area contributed by atoms with Crippen LogP contribution in [0.15, 0.2) is 60.7 Å². The summed E-state index contributed by atoms with van der Waals surface area (Å²) in [7, 11) is 0. The number of halogens is 1. The Bertz CT molecular complexity index is 1050. The average molecular weight is 422 g/mol. The predicted molar refractivity (Wildman–Crippen MR) is 124 cm³/mol. The second kappa shape index (κ2) is 8.33. The van der Waals surface area contributed by atoms with E-state index in [9.17, 15) is 0 Å². The standard InChI is InChI=1S/C26H28ClNO2/c1-5-28(6-2)20-13-14-21-25(16-20)30-24-15-18(4)23(27)17-22(24)26(21,29-7-3)19-11-9-8-10-12-19/h8-17H,5-7H2,1-4H3. The fourth-order valence-electron chi connectivity index (χ4n) is 4.39. The minimum atomic E-state index is -0.780. The number of ether oxygens (including phenoxy) is 2. The largest absolute Gasteiger partial charge is 0.456 e. The van der Waals surface area contributed by atoms with Crippen LogP contribution in [-0.2, 0) is 10.3 Å². The van der Waals surface area contributed by atoms with Gasteiger partial charge in [-0.05, 0) is 63.1 Å². The maximum absolute atomic E-state index is 6.61. The summed E-state index contributed by atoms with van der Waals surface area (Å²) < 4.78 is 13.1. The summed E-state index contributed by atoms with van der Waals surface area (Å²) in [5.74, 6) is 1.62. The van der Waals surface area contributed by atoms with E-state index < -0.39 is 5.60 Å². The minimum absolute atomic E-state index is 0.553. The number of aryl methyl sites for hydroxylation is 1. The van der Waals surface area contributed by atoms with Gasteiger partial charge in [-0.1, -0.05) is 41.9 Å². The van der Waals surface area contributed by atoms with Gasteiger partial charge in [-0.25, -0.2) is 0 Å². The molecule has 0 saturated heterocycles. The highest BCUT2D eigenvalue weighted by atomic mass is 35.5. The van der Waals surface area contributed by atoms with Crippen molar-refractivity contribution in [1.82, 2.24) is 0 Å². The highest BCUT2D eigenvalue weighted by Crippen LogP contribution is 2.54. The van der Waals surface area contributed by atoms with Gasteiger partial charge in [0.2, 0.25) is 0 Å². The van der Waals surface area contributed by atoms with Crippen molar-refractivity contribution < 1.29 is 9.47 Å². The molecule has 1 atom stereocenters. The number of hydrogen-bond acceptors (Lipinski definition) is 3. The van der Waals surface area contributed by atoms with Crippen molar-refractivity contribution in [1.29, 1.82) is 0 Å². The fraction of sp³-hybridized carbons (Fsp3) is 0.308. The molecule has 4 rings (SSSR count). The van der Waals surface area contributed by atoms with Crippen LogP contribution in [0.3, 0.4) is 0 Å². The molecule has 3 aromatic rings. The Kier molecular flexibility index (Phi) is 5.77. The van der Waals surface area contributed by atoms with E-state index >= 15 is 0 Å². The number of anilines is 1. The maximum atomic E-state index is 6.61. The van der Waals surface area contributed by atoms with E-state index in [2.05, 4.69) is 49.1 Å². The first kappa shape index (κ1) is 20.8. The number of hydrogen-bond donors (Lipinski definition) is 0. The molecule has 0 saturated carbocycles. The summed E-state index contributed by atoms with van der Waals surface area (Å²) in [5, 5.41) is 0.709. The first-order valence-corrected chi connectivity index (χ1v) is 11.0. The number of nitrogens with zero attached hydrogens (tertiary/aromatic N) is 1. The van der Waals surface area contributed by atoms with Crippen LogP contribution in [0.1, 0.15) is 43.0 Å². The van der Waals surface area contributed by atoms with Gasteiger partial charge < -0.3 is 14.4 Å². The average Bonchev–Trinajstić information content (AvgIpc) is 2.76. The van der Waals surface area contributed by atoms with Gasteiger partial charge in [-0.2, -0.15) is 0 Å². The molecular formula is C26H28ClNO2. The molecule has 1 aliphatic rings. The van der Waals surface area contributed by atoms with Crippen molar-refractivity contribution in [2.45, 2.75) is 33.3 Å². The van der Waals surface area contributed by atoms with Crippen LogP contribution in [0.2, 0.25) is 5.02 Å². The Morgan fingerprint density at radius 3 is 2.27 bits per heavy atom. The van der Waals surface area contributed by atoms with Gasteiger partial charge in [0.15, 0.2) is 5.60 Å². The van der Waals surface area contributed by atoms with Crippen molar-refractivity contribution in [3.63, 3.8) is 0 Å². The van der Waals surface area contributed by atoms with Gasteiger partial charge in [-0.3, -0.25) is 0 Å². The van der Waals surface area contributed by atoms with Crippen LogP contribution in [0.5, 0.6) is 11.5 Å². The molecule has 1 unspecified atom stereocenters. The molecule has 30 heavy (non-hydrogen) atoms. The van der Waals surface area contributed by atoms with E-state index in [0.29, 0.717) is 11.6 Å². The molecule has 0 radical (unpaired) electrons. The Labute approximate surface area is 184 Å². The summed E-state index contributed by atoms with van der Waals surface area (Å²) in [6, 6.07) is 20.8. The summed E-state index contributed by atoms with van der Waals surface area (Å²) >= 11 is 6.57. The lowest BCUT2D eigenvalue weighted by Crippen LogP contribution is -2.36. The summed E-state index contributed by atoms with van der Waals surface area (Å²) in [5.41, 5.74) is 4.35. The van der Waals surface area contributed by atoms with Crippen LogP contribution in [0, 0.1) is 6.92 Å². The molecular weight excluding hydrogens is 394 g/mol. The Hall–Kier alpha value is -2.49. The van der Waals surface area contributed by atoms with E-state index in [-0.39, 0.29) is 0 Å². The summed E-state index contributed by atoms with van der Waals surface area (Å²) in [4.78, 5) is 2.32. The second-order valence-corrected chi connectivity index (χ2v) is 7.94. The van der Waals surface area contributed by atoms with Gasteiger partial charge in [-0.15, -0.1) is 0 Å². The molecule has 1 aliphatic heterocycles. The smallest absolute Gasteiger partial charge is 0.150 e. The number of rotatable bonds is 6. The van der Waals surface area contributed by atoms with Crippen LogP contribution in [0.4, 0.5) is 5.69 Å². The first-order valence-electron chi connectivity index (χ1n) is 10.6. The van der Waals surface area contributed by atoms with Gasteiger partial charge >= 0.3 is 0 Å². The minimum Gasteiger partial charge on any atom is -0.456 e. The molecule has 3 aromatic carbocycles. The lowest BCUT2D eigenvalue weighted by molar-refractivity contribution is 0.0147. The first-order chi connectivity index (χ1) is 14.5. The highest BCUT2D eigenvalue weighted by Gasteiger charge is 2.45. The van der Waals surface area contributed by atoms with E-state index in [1.165, 1.54) is 0 Å². The molecule has 0 amide bonds. The topological polar surface area (TPSA) is 21.7 Å². The Morgan fingerprint density at radius 2 is 1.60 bits per heavy atom. The van der Waals surface area contributed by atoms with Gasteiger partial charge in [0.1, 0.15) is 11.5 Å². The zero-order chi connectivity index (χ0) is 21.3. The molecule has 0 aromatic heterocycles. The Balaban J connectivity index is 2.03. The normalized spacial score (nSPS) is 17.1. The van der Waals surface area contributed by atoms with E-state index in [0.717, 1.165) is 52.5 Å². The lowest BCUT2D eigenvalue weighted by Gasteiger charge is -2.41. The van der Waals surface area contributed by atoms with E-state index in [1.807, 2.05) is 44.2 Å². The van der Waals surface area contributed by atoms with Crippen LogP contribution in [0.25, 0.3) is 0 Å². The molecule has 0 fully saturated rings. The van der Waals surface area contributed by atoms with Crippen LogP contribution in [-0.4, -0.2) is 19.7 Å². The highest BCUT2D eigenvalue weighted by molar-refractivity contribution is 6.31. The zero-order valence-corrected chi connectivity index (χ0v) is 18.8. The monoisotopic (exact) mass is 421 g/mol. The van der Waals surface area contributed by atoms with Crippen molar-refractivity contribution in [2.75, 3.05) is 24.6 Å². The van der Waals surface area contributed by atoms with Crippen molar-refractivity contribution in [3.8, 4) is 11.5 Å². The second-order valence-electron chi connectivity index (χ2n) is 7.53. The van der Waals surface area contributed by atoms with Crippen LogP contribution >= 0.6 is 11.6 Å². The van der Waals surface area contributed by atoms with Gasteiger partial charge in [0.05, 0.1) is 0 Å². The predicted octanol–water partition coefficient (Wildman–Crippen LogP) is 6.93. The number of fused-ring (bicyclic) bond motifs is 2. The Morgan fingerprint density at radius 1 is 0.900 bits per heavy atom. The molecule has 0 aliphatic carbocycles. The van der Waals surface area contributed by atoms with E-state index in [1.54, 1.807) is 0 Å². The van der Waals surface area contributed by atoms with Crippen molar-refractivity contribution in [2.24, 2.45) is 0 Å². The summed E-state index contributed by atoms with van der Waals surface area (Å²) in [6.45, 7) is 10.8. The number of benzene rings is 3. The third kappa shape index (κ3) is 3.27. The van der Waals surface area contributed by atoms with Crippen molar-refractivity contribution in [3.05, 3.63) is 87.9 Å². The lowest BCUT2D eigenvalue weighted by atomic mass is 9.77. The molecule has 156 valence electrons. The molecule has 0 bridgehead atoms. The third-order valence-corrected chi connectivity index (χ3v) is 6.28. The van der Waals surface area contributed by atoms with Gasteiger partial charge in [0, 0.05) is 47.6 Å². The van der Waals surface area contributed by atoms with Gasteiger partial charge in [0.25, 0.3) is 0 Å². The fourth-order valence-corrected chi connectivity index (χ4v) is 4.55. The van der Waals surface area contributed by atoms with Crippen molar-refractivity contribution >= 4 is 17.3 Å². The van der Waals surface area contributed by atoms with Crippen LogP contribution < -0.4 is 9.64 Å². The SMILES string of the molecule is CCOC1(c2ccccc2)c2ccc(N(CC)CC)cc2Oc2cc(C)c(Cl)cc21. The molecule has 0 spiro atoms. The molecule has 3 nitrogen and oxygen atoms in total. The molecule has 1 heterocycles. The zero-order valence-electron chi connectivity index (χ0n) is 18.0. The maximum Gasteiger partial charge on any atom is 0.150 e. The quantitative estimate of drug-likeness (QED) is 0.430. The summed E-state index contributed by atoms with van der Waals surface area (Å²) in [6.07, 6.45) is 0. The third-order valence-electron chi connectivity index (χ3n) is 5.87.